The van der Waals surface area contributed by atoms with Crippen molar-refractivity contribution in [2.45, 2.75) is 0 Å². The average molecular weight is 207 g/mol. The second kappa shape index (κ2) is 5.46. The van der Waals surface area contributed by atoms with Gasteiger partial charge in [-0.25, -0.2) is 4.98 Å². The normalized spacial score (nSPS) is 9.07. The van der Waals surface area contributed by atoms with Crippen LogP contribution in [0.25, 0.3) is 10.4 Å². The molecule has 2 N–H and O–H groups in total. The molecule has 0 fully saturated rings. The summed E-state index contributed by atoms with van der Waals surface area (Å²) in [4.78, 5) is 17.6. The number of carbonyl (C=O) groups is 1. The summed E-state index contributed by atoms with van der Waals surface area (Å²) in [6.45, 7) is 0.370. The van der Waals surface area contributed by atoms with E-state index in [1.165, 1.54) is 18.3 Å². The fourth-order valence-corrected chi connectivity index (χ4v) is 0.920. The molecule has 78 valence electrons. The Bertz CT molecular complexity index is 400. The third-order valence-corrected chi connectivity index (χ3v) is 1.56. The van der Waals surface area contributed by atoms with Crippen LogP contribution in [0.2, 0.25) is 0 Å². The lowest BCUT2D eigenvalue weighted by Gasteiger charge is -2.03. The Morgan fingerprint density at radius 2 is 2.53 bits per heavy atom. The van der Waals surface area contributed by atoms with Crippen molar-refractivity contribution >= 4 is 5.91 Å². The van der Waals surface area contributed by atoms with Gasteiger partial charge in [-0.3, -0.25) is 4.79 Å². The van der Waals surface area contributed by atoms with E-state index in [0.29, 0.717) is 0 Å². The molecule has 0 radical (unpaired) electrons. The minimum Gasteiger partial charge on any atom is -0.505 e. The first kappa shape index (κ1) is 10.8. The summed E-state index contributed by atoms with van der Waals surface area (Å²) in [5.74, 6) is -0.681. The molecule has 15 heavy (non-hydrogen) atoms. The van der Waals surface area contributed by atoms with Gasteiger partial charge in [0, 0.05) is 24.2 Å². The number of hydrogen-bond acceptors (Lipinski definition) is 4. The molecule has 0 spiro atoms. The Hall–Kier alpha value is -2.27. The number of aromatic hydroxyl groups is 1. The molecule has 1 amide bonds. The quantitative estimate of drug-likeness (QED) is 0.330. The van der Waals surface area contributed by atoms with E-state index in [1.807, 2.05) is 0 Å². The van der Waals surface area contributed by atoms with Crippen molar-refractivity contribution in [3.05, 3.63) is 34.5 Å². The highest BCUT2D eigenvalue weighted by Gasteiger charge is 2.10. The maximum Gasteiger partial charge on any atom is 0.273 e. The summed E-state index contributed by atoms with van der Waals surface area (Å²) in [6.07, 6.45) is 1.40. The third-order valence-electron chi connectivity index (χ3n) is 1.56. The molecule has 1 aromatic rings. The molecule has 1 heterocycles. The molecule has 0 aliphatic carbocycles. The molecule has 0 bridgehead atoms. The molecule has 0 saturated heterocycles. The number of carbonyl (C=O) groups excluding carboxylic acids is 1. The van der Waals surface area contributed by atoms with Gasteiger partial charge >= 0.3 is 0 Å². The largest absolute Gasteiger partial charge is 0.505 e. The first-order chi connectivity index (χ1) is 7.25. The smallest absolute Gasteiger partial charge is 0.273 e. The Balaban J connectivity index is 2.54. The van der Waals surface area contributed by atoms with Gasteiger partial charge < -0.3 is 10.4 Å². The number of pyridine rings is 1. The monoisotopic (exact) mass is 207 g/mol. The summed E-state index contributed by atoms with van der Waals surface area (Å²) >= 11 is 0. The number of rotatable bonds is 4. The Morgan fingerprint density at radius 3 is 3.20 bits per heavy atom. The van der Waals surface area contributed by atoms with Crippen molar-refractivity contribution in [3.8, 4) is 5.75 Å². The lowest BCUT2D eigenvalue weighted by molar-refractivity contribution is 0.0947. The molecule has 0 aromatic carbocycles. The second-order valence-electron chi connectivity index (χ2n) is 2.58. The Morgan fingerprint density at radius 1 is 1.73 bits per heavy atom. The van der Waals surface area contributed by atoms with Crippen molar-refractivity contribution in [2.24, 2.45) is 5.11 Å². The highest BCUT2D eigenvalue weighted by Crippen LogP contribution is 2.11. The van der Waals surface area contributed by atoms with Crippen LogP contribution in [0.3, 0.4) is 0 Å². The van der Waals surface area contributed by atoms with Crippen molar-refractivity contribution in [3.63, 3.8) is 0 Å². The number of hydrogen-bond donors (Lipinski definition) is 2. The van der Waals surface area contributed by atoms with Crippen LogP contribution >= 0.6 is 0 Å². The standard InChI is InChI=1S/C8H9N5O2/c9-13-12-5-4-11-8(15)7-6(14)2-1-3-10-7/h1-3,14H,4-5H2,(H,11,15). The summed E-state index contributed by atoms with van der Waals surface area (Å²) in [6, 6.07) is 2.89. The van der Waals surface area contributed by atoms with E-state index in [1.54, 1.807) is 0 Å². The molecule has 0 saturated carbocycles. The summed E-state index contributed by atoms with van der Waals surface area (Å²) in [5, 5.41) is 15.0. The number of azide groups is 1. The van der Waals surface area contributed by atoms with Crippen LogP contribution in [-0.4, -0.2) is 29.1 Å². The predicted molar refractivity (Wildman–Crippen MR) is 52.2 cm³/mol. The molecular formula is C8H9N5O2. The zero-order chi connectivity index (χ0) is 11.1. The zero-order valence-electron chi connectivity index (χ0n) is 7.79. The average Bonchev–Trinajstić information content (AvgIpc) is 2.25. The minimum atomic E-state index is -0.499. The summed E-state index contributed by atoms with van der Waals surface area (Å²) in [7, 11) is 0. The zero-order valence-corrected chi connectivity index (χ0v) is 7.79. The van der Waals surface area contributed by atoms with Gasteiger partial charge in [0.15, 0.2) is 5.69 Å². The fourth-order valence-electron chi connectivity index (χ4n) is 0.920. The van der Waals surface area contributed by atoms with Crippen LogP contribution in [-0.2, 0) is 0 Å². The Kier molecular flexibility index (Phi) is 3.93. The molecule has 0 aliphatic heterocycles. The topological polar surface area (TPSA) is 111 Å². The van der Waals surface area contributed by atoms with E-state index >= 15 is 0 Å². The van der Waals surface area contributed by atoms with Gasteiger partial charge in [-0.1, -0.05) is 5.11 Å². The number of nitrogens with zero attached hydrogens (tertiary/aromatic N) is 4. The van der Waals surface area contributed by atoms with Crippen LogP contribution in [0.5, 0.6) is 5.75 Å². The maximum absolute atomic E-state index is 11.4. The molecule has 0 aliphatic rings. The van der Waals surface area contributed by atoms with Crippen LogP contribution in [0.15, 0.2) is 23.4 Å². The van der Waals surface area contributed by atoms with Crippen LogP contribution < -0.4 is 5.32 Å². The molecule has 1 rings (SSSR count). The Labute approximate surface area is 85.4 Å². The van der Waals surface area contributed by atoms with E-state index in [9.17, 15) is 9.90 Å². The lowest BCUT2D eigenvalue weighted by atomic mass is 10.3. The highest BCUT2D eigenvalue weighted by molar-refractivity contribution is 5.94. The molecule has 1 aromatic heterocycles. The molecule has 0 atom stereocenters. The van der Waals surface area contributed by atoms with Gasteiger partial charge in [-0.2, -0.15) is 0 Å². The van der Waals surface area contributed by atoms with Gasteiger partial charge in [0.05, 0.1) is 0 Å². The van der Waals surface area contributed by atoms with E-state index in [4.69, 9.17) is 5.53 Å². The van der Waals surface area contributed by atoms with E-state index in [-0.39, 0.29) is 24.5 Å². The first-order valence-corrected chi connectivity index (χ1v) is 4.18. The van der Waals surface area contributed by atoms with Crippen molar-refractivity contribution in [2.75, 3.05) is 13.1 Å². The van der Waals surface area contributed by atoms with E-state index in [2.05, 4.69) is 20.3 Å². The SMILES string of the molecule is [N-]=[N+]=NCCNC(=O)c1ncccc1O. The van der Waals surface area contributed by atoms with Crippen molar-refractivity contribution in [1.82, 2.24) is 10.3 Å². The van der Waals surface area contributed by atoms with Gasteiger partial charge in [0.25, 0.3) is 5.91 Å². The van der Waals surface area contributed by atoms with Gasteiger partial charge in [-0.15, -0.1) is 0 Å². The van der Waals surface area contributed by atoms with Gasteiger partial charge in [0.2, 0.25) is 0 Å². The molecule has 7 heteroatoms. The van der Waals surface area contributed by atoms with Crippen LogP contribution in [0, 0.1) is 0 Å². The van der Waals surface area contributed by atoms with Crippen molar-refractivity contribution < 1.29 is 9.90 Å². The fraction of sp³-hybridized carbons (Fsp3) is 0.250. The highest BCUT2D eigenvalue weighted by atomic mass is 16.3. The molecular weight excluding hydrogens is 198 g/mol. The lowest BCUT2D eigenvalue weighted by Crippen LogP contribution is -2.26. The number of aromatic nitrogens is 1. The van der Waals surface area contributed by atoms with Crippen LogP contribution in [0.1, 0.15) is 10.5 Å². The van der Waals surface area contributed by atoms with E-state index in [0.717, 1.165) is 0 Å². The van der Waals surface area contributed by atoms with Gasteiger partial charge in [0.1, 0.15) is 5.75 Å². The van der Waals surface area contributed by atoms with Gasteiger partial charge in [-0.05, 0) is 17.7 Å². The summed E-state index contributed by atoms with van der Waals surface area (Å²) < 4.78 is 0. The maximum atomic E-state index is 11.4. The van der Waals surface area contributed by atoms with E-state index < -0.39 is 5.91 Å². The predicted octanol–water partition coefficient (Wildman–Crippen LogP) is 0.827. The summed E-state index contributed by atoms with van der Waals surface area (Å²) in [5.41, 5.74) is 7.94. The second-order valence-corrected chi connectivity index (χ2v) is 2.58. The first-order valence-electron chi connectivity index (χ1n) is 4.18. The molecule has 7 nitrogen and oxygen atoms in total. The number of amides is 1. The van der Waals surface area contributed by atoms with Crippen molar-refractivity contribution in [1.29, 1.82) is 0 Å². The minimum absolute atomic E-state index is 0.0431. The van der Waals surface area contributed by atoms with Crippen LogP contribution in [0.4, 0.5) is 0 Å². The third kappa shape index (κ3) is 3.17. The molecule has 0 unspecified atom stereocenters. The number of nitrogens with one attached hydrogen (secondary N) is 1.